The molecule has 0 aliphatic rings. The maximum absolute atomic E-state index is 5.78. The van der Waals surface area contributed by atoms with Crippen molar-refractivity contribution in [1.82, 2.24) is 0 Å². The summed E-state index contributed by atoms with van der Waals surface area (Å²) in [6.45, 7) is 4.97. The van der Waals surface area contributed by atoms with Gasteiger partial charge in [-0.1, -0.05) is 35.9 Å². The van der Waals surface area contributed by atoms with Gasteiger partial charge in [0.1, 0.15) is 5.75 Å². The molecular weight excluding hydrogens is 288 g/mol. The van der Waals surface area contributed by atoms with Gasteiger partial charge in [-0.05, 0) is 53.0 Å². The fraction of sp³-hybridized carbons (Fsp3) is 0.250. The molecule has 2 aromatic rings. The van der Waals surface area contributed by atoms with E-state index < -0.39 is 0 Å². The fourth-order valence-electron chi connectivity index (χ4n) is 1.96. The summed E-state index contributed by atoms with van der Waals surface area (Å²) < 4.78 is 6.78. The summed E-state index contributed by atoms with van der Waals surface area (Å²) in [7, 11) is 0. The molecule has 0 saturated heterocycles. The van der Waals surface area contributed by atoms with Gasteiger partial charge >= 0.3 is 0 Å². The van der Waals surface area contributed by atoms with E-state index in [1.54, 1.807) is 0 Å². The Bertz CT molecular complexity index is 534. The van der Waals surface area contributed by atoms with Crippen LogP contribution >= 0.6 is 15.9 Å². The lowest BCUT2D eigenvalue weighted by Crippen LogP contribution is -2.03. The molecular formula is C16H17BrO. The van der Waals surface area contributed by atoms with E-state index in [0.29, 0.717) is 6.61 Å². The predicted molar refractivity (Wildman–Crippen MR) is 79.3 cm³/mol. The Hall–Kier alpha value is -1.28. The standard InChI is InChI=1S/C16H17BrO/c1-12-7-8-14(13(2)11-12)9-10-18-16-6-4-3-5-15(16)17/h3-8,11H,9-10H2,1-2H3. The molecule has 0 spiro atoms. The summed E-state index contributed by atoms with van der Waals surface area (Å²) >= 11 is 3.48. The Labute approximate surface area is 117 Å². The van der Waals surface area contributed by atoms with Crippen LogP contribution in [0.3, 0.4) is 0 Å². The molecule has 0 aromatic heterocycles. The number of para-hydroxylation sites is 1. The molecule has 0 fully saturated rings. The molecule has 0 saturated carbocycles. The summed E-state index contributed by atoms with van der Waals surface area (Å²) in [6.07, 6.45) is 0.938. The summed E-state index contributed by atoms with van der Waals surface area (Å²) in [4.78, 5) is 0. The highest BCUT2D eigenvalue weighted by molar-refractivity contribution is 9.10. The van der Waals surface area contributed by atoms with E-state index in [0.717, 1.165) is 16.6 Å². The first-order chi connectivity index (χ1) is 8.66. The lowest BCUT2D eigenvalue weighted by Gasteiger charge is -2.10. The first-order valence-electron chi connectivity index (χ1n) is 6.10. The maximum atomic E-state index is 5.78. The van der Waals surface area contributed by atoms with Crippen LogP contribution in [0.15, 0.2) is 46.9 Å². The van der Waals surface area contributed by atoms with Crippen molar-refractivity contribution in [2.75, 3.05) is 6.61 Å². The molecule has 0 amide bonds. The molecule has 0 unspecified atom stereocenters. The fourth-order valence-corrected chi connectivity index (χ4v) is 2.36. The Kier molecular flexibility index (Phi) is 4.43. The molecule has 0 bridgehead atoms. The molecule has 0 radical (unpaired) electrons. The number of benzene rings is 2. The second-order valence-corrected chi connectivity index (χ2v) is 5.31. The van der Waals surface area contributed by atoms with Crippen molar-refractivity contribution in [3.05, 3.63) is 63.6 Å². The largest absolute Gasteiger partial charge is 0.492 e. The summed E-state index contributed by atoms with van der Waals surface area (Å²) in [5, 5.41) is 0. The monoisotopic (exact) mass is 304 g/mol. The number of rotatable bonds is 4. The SMILES string of the molecule is Cc1ccc(CCOc2ccccc2Br)c(C)c1. The van der Waals surface area contributed by atoms with Gasteiger partial charge in [0.25, 0.3) is 0 Å². The van der Waals surface area contributed by atoms with E-state index >= 15 is 0 Å². The van der Waals surface area contributed by atoms with Crippen molar-refractivity contribution in [3.63, 3.8) is 0 Å². The van der Waals surface area contributed by atoms with Gasteiger partial charge in [0, 0.05) is 6.42 Å². The molecule has 94 valence electrons. The number of hydrogen-bond acceptors (Lipinski definition) is 1. The van der Waals surface area contributed by atoms with Gasteiger partial charge in [-0.15, -0.1) is 0 Å². The zero-order chi connectivity index (χ0) is 13.0. The minimum absolute atomic E-state index is 0.701. The highest BCUT2D eigenvalue weighted by Gasteiger charge is 2.01. The van der Waals surface area contributed by atoms with Crippen LogP contribution in [-0.2, 0) is 6.42 Å². The predicted octanol–water partition coefficient (Wildman–Crippen LogP) is 4.69. The first kappa shape index (κ1) is 13.2. The van der Waals surface area contributed by atoms with Crippen LogP contribution in [0.2, 0.25) is 0 Å². The van der Waals surface area contributed by atoms with Crippen LogP contribution in [0.25, 0.3) is 0 Å². The van der Waals surface area contributed by atoms with E-state index in [2.05, 4.69) is 48.0 Å². The van der Waals surface area contributed by atoms with Crippen LogP contribution in [0.1, 0.15) is 16.7 Å². The number of hydrogen-bond donors (Lipinski definition) is 0. The second kappa shape index (κ2) is 6.05. The maximum Gasteiger partial charge on any atom is 0.133 e. The van der Waals surface area contributed by atoms with Crippen molar-refractivity contribution in [2.45, 2.75) is 20.3 Å². The van der Waals surface area contributed by atoms with Gasteiger partial charge in [-0.3, -0.25) is 0 Å². The minimum atomic E-state index is 0.701. The van der Waals surface area contributed by atoms with Gasteiger partial charge in [0.05, 0.1) is 11.1 Å². The van der Waals surface area contributed by atoms with Crippen LogP contribution in [0.4, 0.5) is 0 Å². The molecule has 2 rings (SSSR count). The van der Waals surface area contributed by atoms with E-state index in [1.807, 2.05) is 24.3 Å². The average molecular weight is 305 g/mol. The zero-order valence-electron chi connectivity index (χ0n) is 10.7. The van der Waals surface area contributed by atoms with Crippen molar-refractivity contribution in [3.8, 4) is 5.75 Å². The Morgan fingerprint density at radius 3 is 2.56 bits per heavy atom. The second-order valence-electron chi connectivity index (χ2n) is 4.46. The summed E-state index contributed by atoms with van der Waals surface area (Å²) in [6, 6.07) is 14.5. The molecule has 2 aromatic carbocycles. The Morgan fingerprint density at radius 1 is 1.06 bits per heavy atom. The topological polar surface area (TPSA) is 9.23 Å². The normalized spacial score (nSPS) is 10.4. The van der Waals surface area contributed by atoms with Crippen molar-refractivity contribution in [2.24, 2.45) is 0 Å². The molecule has 0 atom stereocenters. The van der Waals surface area contributed by atoms with Gasteiger partial charge in [-0.2, -0.15) is 0 Å². The summed E-state index contributed by atoms with van der Waals surface area (Å²) in [5.74, 6) is 0.905. The molecule has 0 N–H and O–H groups in total. The molecule has 1 nitrogen and oxygen atoms in total. The van der Waals surface area contributed by atoms with Crippen molar-refractivity contribution < 1.29 is 4.74 Å². The molecule has 18 heavy (non-hydrogen) atoms. The first-order valence-corrected chi connectivity index (χ1v) is 6.89. The third-order valence-electron chi connectivity index (χ3n) is 2.96. The third-order valence-corrected chi connectivity index (χ3v) is 3.62. The van der Waals surface area contributed by atoms with E-state index in [1.165, 1.54) is 16.7 Å². The molecule has 0 heterocycles. The third kappa shape index (κ3) is 3.36. The van der Waals surface area contributed by atoms with Gasteiger partial charge < -0.3 is 4.74 Å². The highest BCUT2D eigenvalue weighted by atomic mass is 79.9. The van der Waals surface area contributed by atoms with Crippen LogP contribution in [0.5, 0.6) is 5.75 Å². The van der Waals surface area contributed by atoms with Gasteiger partial charge in [-0.25, -0.2) is 0 Å². The van der Waals surface area contributed by atoms with E-state index in [4.69, 9.17) is 4.74 Å². The van der Waals surface area contributed by atoms with Crippen LogP contribution < -0.4 is 4.74 Å². The Morgan fingerprint density at radius 2 is 1.83 bits per heavy atom. The molecule has 0 aliphatic heterocycles. The van der Waals surface area contributed by atoms with Crippen LogP contribution in [0, 0.1) is 13.8 Å². The minimum Gasteiger partial charge on any atom is -0.492 e. The molecule has 0 aliphatic carbocycles. The Balaban J connectivity index is 1.95. The average Bonchev–Trinajstić information content (AvgIpc) is 2.34. The smallest absolute Gasteiger partial charge is 0.133 e. The quantitative estimate of drug-likeness (QED) is 0.796. The summed E-state index contributed by atoms with van der Waals surface area (Å²) in [5.41, 5.74) is 4.00. The lowest BCUT2D eigenvalue weighted by molar-refractivity contribution is 0.320. The van der Waals surface area contributed by atoms with Gasteiger partial charge in [0.2, 0.25) is 0 Å². The lowest BCUT2D eigenvalue weighted by atomic mass is 10.0. The molecule has 2 heteroatoms. The number of ether oxygens (including phenoxy) is 1. The highest BCUT2D eigenvalue weighted by Crippen LogP contribution is 2.24. The van der Waals surface area contributed by atoms with Crippen molar-refractivity contribution >= 4 is 15.9 Å². The van der Waals surface area contributed by atoms with Crippen LogP contribution in [-0.4, -0.2) is 6.61 Å². The van der Waals surface area contributed by atoms with E-state index in [9.17, 15) is 0 Å². The van der Waals surface area contributed by atoms with Crippen molar-refractivity contribution in [1.29, 1.82) is 0 Å². The zero-order valence-corrected chi connectivity index (χ0v) is 12.3. The van der Waals surface area contributed by atoms with Gasteiger partial charge in [0.15, 0.2) is 0 Å². The number of halogens is 1. The van der Waals surface area contributed by atoms with E-state index in [-0.39, 0.29) is 0 Å². The number of aryl methyl sites for hydroxylation is 2.